The molecule has 6 heteroatoms. The van der Waals surface area contributed by atoms with Gasteiger partial charge in [-0.1, -0.05) is 12.1 Å². The fourth-order valence-corrected chi connectivity index (χ4v) is 2.12. The molecule has 0 aliphatic heterocycles. The molecule has 19 heavy (non-hydrogen) atoms. The molecule has 0 amide bonds. The lowest BCUT2D eigenvalue weighted by atomic mass is 10.3. The third-order valence-corrected chi connectivity index (χ3v) is 3.00. The van der Waals surface area contributed by atoms with E-state index in [9.17, 15) is 13.2 Å². The van der Waals surface area contributed by atoms with E-state index in [1.807, 2.05) is 35.8 Å². The van der Waals surface area contributed by atoms with Gasteiger partial charge in [-0.2, -0.15) is 13.2 Å². The summed E-state index contributed by atoms with van der Waals surface area (Å²) in [5.74, 6) is 0.632. The van der Waals surface area contributed by atoms with Crippen molar-refractivity contribution in [3.05, 3.63) is 30.1 Å². The number of alkyl halides is 3. The Bertz CT molecular complexity index is 560. The first kappa shape index (κ1) is 13.9. The lowest BCUT2D eigenvalue weighted by molar-refractivity contribution is -0.126. The molecule has 0 bridgehead atoms. The Hall–Kier alpha value is -1.56. The Morgan fingerprint density at radius 2 is 2.00 bits per heavy atom. The lowest BCUT2D eigenvalue weighted by Crippen LogP contribution is -2.32. The van der Waals surface area contributed by atoms with Crippen molar-refractivity contribution in [1.29, 1.82) is 0 Å². The first-order valence-corrected chi connectivity index (χ1v) is 6.17. The summed E-state index contributed by atoms with van der Waals surface area (Å²) in [4.78, 5) is 4.42. The van der Waals surface area contributed by atoms with Crippen LogP contribution in [0, 0.1) is 0 Å². The van der Waals surface area contributed by atoms with Crippen molar-refractivity contribution in [3.8, 4) is 0 Å². The minimum Gasteiger partial charge on any atom is -0.327 e. The van der Waals surface area contributed by atoms with Gasteiger partial charge in [0.2, 0.25) is 0 Å². The van der Waals surface area contributed by atoms with Crippen molar-refractivity contribution >= 4 is 11.0 Å². The van der Waals surface area contributed by atoms with Crippen LogP contribution in [0.3, 0.4) is 0 Å². The third-order valence-electron chi connectivity index (χ3n) is 3.00. The van der Waals surface area contributed by atoms with E-state index in [1.165, 1.54) is 0 Å². The van der Waals surface area contributed by atoms with Crippen LogP contribution >= 0.6 is 0 Å². The summed E-state index contributed by atoms with van der Waals surface area (Å²) in [5.41, 5.74) is 1.75. The second-order valence-electron chi connectivity index (χ2n) is 4.42. The van der Waals surface area contributed by atoms with E-state index in [0.717, 1.165) is 11.0 Å². The van der Waals surface area contributed by atoms with E-state index >= 15 is 0 Å². The fraction of sp³-hybridized carbons (Fsp3) is 0.462. The van der Waals surface area contributed by atoms with Gasteiger partial charge < -0.3 is 4.57 Å². The monoisotopic (exact) mass is 271 g/mol. The Labute approximate surface area is 109 Å². The predicted molar refractivity (Wildman–Crippen MR) is 67.9 cm³/mol. The highest BCUT2D eigenvalue weighted by Crippen LogP contribution is 2.21. The number of aromatic nitrogens is 2. The number of imidazole rings is 1. The number of nitrogens with zero attached hydrogens (tertiary/aromatic N) is 2. The number of halogens is 3. The van der Waals surface area contributed by atoms with Crippen LogP contribution in [0.25, 0.3) is 11.0 Å². The molecule has 1 N–H and O–H groups in total. The van der Waals surface area contributed by atoms with Crippen LogP contribution in [0.5, 0.6) is 0 Å². The molecule has 104 valence electrons. The molecule has 0 spiro atoms. The van der Waals surface area contributed by atoms with E-state index in [0.29, 0.717) is 12.4 Å². The van der Waals surface area contributed by atoms with Crippen molar-refractivity contribution in [1.82, 2.24) is 14.9 Å². The summed E-state index contributed by atoms with van der Waals surface area (Å²) in [6, 6.07) is 7.10. The maximum Gasteiger partial charge on any atom is 0.401 e. The van der Waals surface area contributed by atoms with E-state index in [1.54, 1.807) is 6.92 Å². The molecule has 0 aliphatic carbocycles. The van der Waals surface area contributed by atoms with Crippen LogP contribution in [0.15, 0.2) is 24.3 Å². The van der Waals surface area contributed by atoms with Crippen molar-refractivity contribution in [2.45, 2.75) is 32.6 Å². The van der Waals surface area contributed by atoms with Gasteiger partial charge >= 0.3 is 6.18 Å². The molecule has 3 nitrogen and oxygen atoms in total. The van der Waals surface area contributed by atoms with Crippen LogP contribution in [0.2, 0.25) is 0 Å². The largest absolute Gasteiger partial charge is 0.401 e. The minimum atomic E-state index is -4.21. The molecule has 0 aliphatic rings. The highest BCUT2D eigenvalue weighted by atomic mass is 19.4. The second-order valence-corrected chi connectivity index (χ2v) is 4.42. The number of aryl methyl sites for hydroxylation is 1. The number of nitrogens with one attached hydrogen (secondary N) is 1. The normalized spacial score (nSPS) is 13.9. The van der Waals surface area contributed by atoms with Crippen LogP contribution < -0.4 is 5.32 Å². The highest BCUT2D eigenvalue weighted by molar-refractivity contribution is 5.76. The molecule has 0 fully saturated rings. The summed E-state index contributed by atoms with van der Waals surface area (Å²) in [6.07, 6.45) is -4.21. The maximum absolute atomic E-state index is 12.2. The van der Waals surface area contributed by atoms with E-state index in [4.69, 9.17) is 0 Å². The number of hydrogen-bond donors (Lipinski definition) is 1. The van der Waals surface area contributed by atoms with Gasteiger partial charge in [0, 0.05) is 6.54 Å². The summed E-state index contributed by atoms with van der Waals surface area (Å²) in [5, 5.41) is 2.47. The number of para-hydroxylation sites is 2. The summed E-state index contributed by atoms with van der Waals surface area (Å²) < 4.78 is 38.6. The topological polar surface area (TPSA) is 29.9 Å². The molecule has 2 rings (SSSR count). The second kappa shape index (κ2) is 5.21. The van der Waals surface area contributed by atoms with Gasteiger partial charge in [0.05, 0.1) is 23.6 Å². The number of fused-ring (bicyclic) bond motifs is 1. The maximum atomic E-state index is 12.2. The summed E-state index contributed by atoms with van der Waals surface area (Å²) in [7, 11) is 0. The van der Waals surface area contributed by atoms with Crippen LogP contribution in [0.4, 0.5) is 13.2 Å². The average Bonchev–Trinajstić information content (AvgIpc) is 2.73. The van der Waals surface area contributed by atoms with Crippen molar-refractivity contribution in [2.75, 3.05) is 6.54 Å². The molecule has 0 radical (unpaired) electrons. The molecule has 2 aromatic rings. The minimum absolute atomic E-state index is 0.450. The molecule has 1 aromatic heterocycles. The van der Waals surface area contributed by atoms with Crippen LogP contribution in [0.1, 0.15) is 25.7 Å². The van der Waals surface area contributed by atoms with Crippen LogP contribution in [-0.4, -0.2) is 22.3 Å². The lowest BCUT2D eigenvalue weighted by Gasteiger charge is -2.16. The number of rotatable bonds is 4. The summed E-state index contributed by atoms with van der Waals surface area (Å²) in [6.45, 7) is 3.31. The van der Waals surface area contributed by atoms with Gasteiger partial charge in [-0.15, -0.1) is 0 Å². The molecule has 0 saturated carbocycles. The fourth-order valence-electron chi connectivity index (χ4n) is 2.12. The zero-order chi connectivity index (χ0) is 14.0. The number of benzene rings is 1. The standard InChI is InChI=1S/C13H16F3N3/c1-3-19-11-7-5-4-6-10(11)18-12(19)9(2)17-8-13(14,15)16/h4-7,9,17H,3,8H2,1-2H3/t9-/m1/s1. The Morgan fingerprint density at radius 3 is 2.63 bits per heavy atom. The zero-order valence-electron chi connectivity index (χ0n) is 10.8. The van der Waals surface area contributed by atoms with Gasteiger partial charge in [0.15, 0.2) is 0 Å². The Kier molecular flexibility index (Phi) is 3.80. The highest BCUT2D eigenvalue weighted by Gasteiger charge is 2.28. The van der Waals surface area contributed by atoms with Gasteiger partial charge in [-0.05, 0) is 26.0 Å². The first-order chi connectivity index (χ1) is 8.92. The van der Waals surface area contributed by atoms with Crippen molar-refractivity contribution < 1.29 is 13.2 Å². The molecule has 0 saturated heterocycles. The predicted octanol–water partition coefficient (Wildman–Crippen LogP) is 3.27. The van der Waals surface area contributed by atoms with Gasteiger partial charge in [0.1, 0.15) is 5.82 Å². The van der Waals surface area contributed by atoms with Gasteiger partial charge in [-0.25, -0.2) is 4.98 Å². The third kappa shape index (κ3) is 3.07. The zero-order valence-corrected chi connectivity index (χ0v) is 10.8. The molecule has 1 heterocycles. The average molecular weight is 271 g/mol. The van der Waals surface area contributed by atoms with Gasteiger partial charge in [0.25, 0.3) is 0 Å². The smallest absolute Gasteiger partial charge is 0.327 e. The van der Waals surface area contributed by atoms with Gasteiger partial charge in [-0.3, -0.25) is 5.32 Å². The SMILES string of the molecule is CCn1c([C@@H](C)NCC(F)(F)F)nc2ccccc21. The molecule has 1 atom stereocenters. The van der Waals surface area contributed by atoms with E-state index in [2.05, 4.69) is 10.3 Å². The van der Waals surface area contributed by atoms with Crippen molar-refractivity contribution in [3.63, 3.8) is 0 Å². The quantitative estimate of drug-likeness (QED) is 0.925. The van der Waals surface area contributed by atoms with E-state index in [-0.39, 0.29) is 0 Å². The van der Waals surface area contributed by atoms with E-state index < -0.39 is 18.8 Å². The molecule has 0 unspecified atom stereocenters. The van der Waals surface area contributed by atoms with Crippen molar-refractivity contribution in [2.24, 2.45) is 0 Å². The molecule has 1 aromatic carbocycles. The Balaban J connectivity index is 2.28. The molecular weight excluding hydrogens is 255 g/mol. The summed E-state index contributed by atoms with van der Waals surface area (Å²) >= 11 is 0. The Morgan fingerprint density at radius 1 is 1.32 bits per heavy atom. The van der Waals surface area contributed by atoms with Crippen LogP contribution in [-0.2, 0) is 6.54 Å². The molecular formula is C13H16F3N3. The first-order valence-electron chi connectivity index (χ1n) is 6.17. The number of hydrogen-bond acceptors (Lipinski definition) is 2.